The summed E-state index contributed by atoms with van der Waals surface area (Å²) in [5.41, 5.74) is 1.56. The number of hydrogen-bond donors (Lipinski definition) is 2. The summed E-state index contributed by atoms with van der Waals surface area (Å²) in [6.07, 6.45) is 0. The lowest BCUT2D eigenvalue weighted by molar-refractivity contribution is -0.124. The van der Waals surface area contributed by atoms with Crippen molar-refractivity contribution in [1.82, 2.24) is 14.6 Å². The summed E-state index contributed by atoms with van der Waals surface area (Å²) in [4.78, 5) is 24.4. The molecule has 9 heteroatoms. The van der Waals surface area contributed by atoms with Crippen molar-refractivity contribution in [2.75, 3.05) is 0 Å². The molecule has 2 N–H and O–H groups in total. The lowest BCUT2D eigenvalue weighted by Gasteiger charge is -2.24. The summed E-state index contributed by atoms with van der Waals surface area (Å²) >= 11 is 0. The molecule has 160 valence electrons. The Hall–Kier alpha value is -2.91. The van der Waals surface area contributed by atoms with E-state index in [1.807, 2.05) is 37.3 Å². The largest absolute Gasteiger partial charge is 0.419 e. The topological polar surface area (TPSA) is 110 Å². The van der Waals surface area contributed by atoms with Crippen LogP contribution < -0.4 is 15.8 Å². The highest BCUT2D eigenvalue weighted by Crippen LogP contribution is 2.19. The van der Waals surface area contributed by atoms with Gasteiger partial charge in [0.05, 0.1) is 16.5 Å². The fraction of sp³-hybridized carbons (Fsp3) is 0.333. The molecule has 3 rings (SSSR count). The van der Waals surface area contributed by atoms with E-state index in [1.165, 1.54) is 29.8 Å². The summed E-state index contributed by atoms with van der Waals surface area (Å²) in [5, 5.41) is 2.86. The van der Waals surface area contributed by atoms with Gasteiger partial charge in [0.2, 0.25) is 15.9 Å². The quantitative estimate of drug-likeness (QED) is 0.596. The van der Waals surface area contributed by atoms with E-state index in [1.54, 1.807) is 13.8 Å². The molecule has 0 unspecified atom stereocenters. The van der Waals surface area contributed by atoms with Crippen LogP contribution in [0.15, 0.2) is 62.6 Å². The van der Waals surface area contributed by atoms with E-state index < -0.39 is 27.7 Å². The standard InChI is InChI=1S/C21H25N3O5S/c1-13(2)19(20(25)22-14(3)15-8-6-5-7-9-15)23-30(27,28)16-10-11-17-18(12-16)29-21(26)24(17)4/h5-14,19,23H,1-4H3,(H,22,25)/t14-,19+/m1/s1. The number of carbonyl (C=O) groups is 1. The molecule has 30 heavy (non-hydrogen) atoms. The summed E-state index contributed by atoms with van der Waals surface area (Å²) in [6, 6.07) is 12.3. The van der Waals surface area contributed by atoms with E-state index >= 15 is 0 Å². The number of amides is 1. The first-order valence-corrected chi connectivity index (χ1v) is 11.1. The van der Waals surface area contributed by atoms with Crippen molar-refractivity contribution >= 4 is 27.0 Å². The Bertz CT molecular complexity index is 1210. The van der Waals surface area contributed by atoms with Crippen LogP contribution in [-0.2, 0) is 21.9 Å². The highest BCUT2D eigenvalue weighted by Gasteiger charge is 2.29. The fourth-order valence-electron chi connectivity index (χ4n) is 3.14. The number of rotatable bonds is 7. The molecule has 2 aromatic carbocycles. The zero-order valence-corrected chi connectivity index (χ0v) is 18.1. The molecule has 1 aromatic heterocycles. The second kappa shape index (κ2) is 8.45. The van der Waals surface area contributed by atoms with Crippen molar-refractivity contribution in [3.05, 3.63) is 64.6 Å². The van der Waals surface area contributed by atoms with Gasteiger partial charge in [0.25, 0.3) is 0 Å². The average molecular weight is 432 g/mol. The Morgan fingerprint density at radius 1 is 1.07 bits per heavy atom. The van der Waals surface area contributed by atoms with Crippen molar-refractivity contribution < 1.29 is 17.6 Å². The lowest BCUT2D eigenvalue weighted by atomic mass is 10.0. The van der Waals surface area contributed by atoms with Crippen molar-refractivity contribution in [3.63, 3.8) is 0 Å². The minimum Gasteiger partial charge on any atom is -0.408 e. The minimum absolute atomic E-state index is 0.0843. The van der Waals surface area contributed by atoms with Gasteiger partial charge >= 0.3 is 5.76 Å². The summed E-state index contributed by atoms with van der Waals surface area (Å²) in [6.45, 7) is 5.36. The van der Waals surface area contributed by atoms with Crippen LogP contribution in [0, 0.1) is 5.92 Å². The normalized spacial score (nSPS) is 14.0. The van der Waals surface area contributed by atoms with Gasteiger partial charge in [0.15, 0.2) is 5.58 Å². The molecule has 0 radical (unpaired) electrons. The van der Waals surface area contributed by atoms with Gasteiger partial charge in [-0.2, -0.15) is 4.72 Å². The zero-order chi connectivity index (χ0) is 22.1. The molecule has 0 aliphatic heterocycles. The Morgan fingerprint density at radius 2 is 1.73 bits per heavy atom. The molecule has 0 saturated heterocycles. The summed E-state index contributed by atoms with van der Waals surface area (Å²) in [5.74, 6) is -1.29. The van der Waals surface area contributed by atoms with Crippen LogP contribution in [0.4, 0.5) is 0 Å². The van der Waals surface area contributed by atoms with Crippen LogP contribution in [0.1, 0.15) is 32.4 Å². The molecule has 2 atom stereocenters. The van der Waals surface area contributed by atoms with Gasteiger partial charge in [0.1, 0.15) is 6.04 Å². The first-order chi connectivity index (χ1) is 14.1. The lowest BCUT2D eigenvalue weighted by Crippen LogP contribution is -2.50. The highest BCUT2D eigenvalue weighted by molar-refractivity contribution is 7.89. The van der Waals surface area contributed by atoms with E-state index in [0.717, 1.165) is 5.56 Å². The number of aryl methyl sites for hydroxylation is 1. The van der Waals surface area contributed by atoms with E-state index in [4.69, 9.17) is 4.42 Å². The van der Waals surface area contributed by atoms with Crippen LogP contribution in [-0.4, -0.2) is 24.9 Å². The SMILES string of the molecule is CC(C)[C@H](NS(=O)(=O)c1ccc2c(c1)oc(=O)n2C)C(=O)N[C@H](C)c1ccccc1. The second-order valence-electron chi connectivity index (χ2n) is 7.54. The Balaban J connectivity index is 1.83. The maximum absolute atomic E-state index is 12.9. The number of hydrogen-bond acceptors (Lipinski definition) is 5. The predicted molar refractivity (Wildman–Crippen MR) is 113 cm³/mol. The van der Waals surface area contributed by atoms with Crippen molar-refractivity contribution in [3.8, 4) is 0 Å². The van der Waals surface area contributed by atoms with Crippen LogP contribution in [0.5, 0.6) is 0 Å². The van der Waals surface area contributed by atoms with Crippen LogP contribution in [0.2, 0.25) is 0 Å². The Morgan fingerprint density at radius 3 is 2.37 bits per heavy atom. The van der Waals surface area contributed by atoms with Gasteiger partial charge in [-0.3, -0.25) is 9.36 Å². The van der Waals surface area contributed by atoms with Crippen LogP contribution >= 0.6 is 0 Å². The molecule has 0 saturated carbocycles. The third-order valence-electron chi connectivity index (χ3n) is 4.96. The van der Waals surface area contributed by atoms with Crippen molar-refractivity contribution in [1.29, 1.82) is 0 Å². The maximum Gasteiger partial charge on any atom is 0.419 e. The number of fused-ring (bicyclic) bond motifs is 1. The average Bonchev–Trinajstić information content (AvgIpc) is 2.99. The van der Waals surface area contributed by atoms with Gasteiger partial charge in [-0.1, -0.05) is 44.2 Å². The van der Waals surface area contributed by atoms with Gasteiger partial charge in [-0.15, -0.1) is 0 Å². The molecule has 0 aliphatic rings. The molecular formula is C21H25N3O5S. The smallest absolute Gasteiger partial charge is 0.408 e. The molecule has 1 heterocycles. The molecule has 0 fully saturated rings. The maximum atomic E-state index is 12.9. The molecule has 8 nitrogen and oxygen atoms in total. The fourth-order valence-corrected chi connectivity index (χ4v) is 4.50. The van der Waals surface area contributed by atoms with Crippen LogP contribution in [0.3, 0.4) is 0 Å². The Kier molecular flexibility index (Phi) is 6.14. The summed E-state index contributed by atoms with van der Waals surface area (Å²) in [7, 11) is -2.49. The Labute approximate surface area is 174 Å². The third-order valence-corrected chi connectivity index (χ3v) is 6.40. The molecule has 0 bridgehead atoms. The van der Waals surface area contributed by atoms with Crippen molar-refractivity contribution in [2.24, 2.45) is 13.0 Å². The monoisotopic (exact) mass is 431 g/mol. The first-order valence-electron chi connectivity index (χ1n) is 9.57. The van der Waals surface area contributed by atoms with E-state index in [0.29, 0.717) is 5.52 Å². The molecular weight excluding hydrogens is 406 g/mol. The number of benzene rings is 2. The molecule has 0 aliphatic carbocycles. The predicted octanol–water partition coefficient (Wildman–Crippen LogP) is 2.31. The minimum atomic E-state index is -4.03. The highest BCUT2D eigenvalue weighted by atomic mass is 32.2. The molecule has 1 amide bonds. The van der Waals surface area contributed by atoms with Crippen molar-refractivity contribution in [2.45, 2.75) is 37.8 Å². The van der Waals surface area contributed by atoms with Gasteiger partial charge in [-0.05, 0) is 30.5 Å². The number of carbonyl (C=O) groups excluding carboxylic acids is 1. The number of sulfonamides is 1. The number of nitrogens with zero attached hydrogens (tertiary/aromatic N) is 1. The molecule has 0 spiro atoms. The van der Waals surface area contributed by atoms with E-state index in [9.17, 15) is 18.0 Å². The number of aromatic nitrogens is 1. The summed E-state index contributed by atoms with van der Waals surface area (Å²) < 4.78 is 34.7. The van der Waals surface area contributed by atoms with Crippen LogP contribution in [0.25, 0.3) is 11.1 Å². The first kappa shape index (κ1) is 21.8. The van der Waals surface area contributed by atoms with E-state index in [-0.39, 0.29) is 22.4 Å². The molecule has 3 aromatic rings. The third kappa shape index (κ3) is 4.47. The van der Waals surface area contributed by atoms with Gasteiger partial charge in [0, 0.05) is 13.1 Å². The zero-order valence-electron chi connectivity index (χ0n) is 17.2. The number of oxazole rings is 1. The number of nitrogens with one attached hydrogen (secondary N) is 2. The second-order valence-corrected chi connectivity index (χ2v) is 9.25. The van der Waals surface area contributed by atoms with Gasteiger partial charge < -0.3 is 9.73 Å². The van der Waals surface area contributed by atoms with Gasteiger partial charge in [-0.25, -0.2) is 13.2 Å². The van der Waals surface area contributed by atoms with E-state index in [2.05, 4.69) is 10.0 Å².